The summed E-state index contributed by atoms with van der Waals surface area (Å²) in [5.41, 5.74) is 0.676. The molecule has 0 saturated carbocycles. The molecular weight excluding hydrogens is 297 g/mol. The molecule has 0 bridgehead atoms. The van der Waals surface area contributed by atoms with Crippen LogP contribution in [0.5, 0.6) is 5.75 Å². The van der Waals surface area contributed by atoms with Crippen LogP contribution in [0.4, 0.5) is 13.2 Å². The summed E-state index contributed by atoms with van der Waals surface area (Å²) in [5, 5.41) is 3.07. The predicted octanol–water partition coefficient (Wildman–Crippen LogP) is 2.34. The van der Waals surface area contributed by atoms with Gasteiger partial charge in [-0.15, -0.1) is 13.2 Å². The van der Waals surface area contributed by atoms with Crippen molar-refractivity contribution in [2.75, 3.05) is 20.1 Å². The first-order valence-corrected chi connectivity index (χ1v) is 7.18. The normalized spacial score (nSPS) is 18.5. The fourth-order valence-corrected chi connectivity index (χ4v) is 2.70. The van der Waals surface area contributed by atoms with Crippen molar-refractivity contribution in [3.63, 3.8) is 0 Å². The van der Waals surface area contributed by atoms with Gasteiger partial charge in [-0.05, 0) is 37.6 Å². The standard InChI is InChI=1S/C15H19F3N2O2/c1-19-10-12-3-2-8-20(12)14(21)9-11-4-6-13(7-5-11)22-15(16,17)18/h4-7,12,19H,2-3,8-10H2,1H3. The molecule has 22 heavy (non-hydrogen) atoms. The van der Waals surface area contributed by atoms with E-state index in [0.29, 0.717) is 5.56 Å². The van der Waals surface area contributed by atoms with E-state index in [2.05, 4.69) is 10.1 Å². The van der Waals surface area contributed by atoms with E-state index in [1.807, 2.05) is 11.9 Å². The van der Waals surface area contributed by atoms with E-state index in [1.165, 1.54) is 24.3 Å². The lowest BCUT2D eigenvalue weighted by molar-refractivity contribution is -0.274. The molecule has 1 heterocycles. The summed E-state index contributed by atoms with van der Waals surface area (Å²) in [5.74, 6) is -0.278. The molecule has 1 atom stereocenters. The van der Waals surface area contributed by atoms with Gasteiger partial charge in [0.05, 0.1) is 6.42 Å². The van der Waals surface area contributed by atoms with Gasteiger partial charge in [0, 0.05) is 19.1 Å². The molecule has 1 aromatic carbocycles. The Balaban J connectivity index is 1.94. The maximum absolute atomic E-state index is 12.3. The van der Waals surface area contributed by atoms with Gasteiger partial charge >= 0.3 is 6.36 Å². The Bertz CT molecular complexity index is 503. The van der Waals surface area contributed by atoms with E-state index >= 15 is 0 Å². The lowest BCUT2D eigenvalue weighted by atomic mass is 10.1. The fraction of sp³-hybridized carbons (Fsp3) is 0.533. The Labute approximate surface area is 127 Å². The molecule has 1 aromatic rings. The number of ether oxygens (including phenoxy) is 1. The highest BCUT2D eigenvalue weighted by Crippen LogP contribution is 2.23. The average Bonchev–Trinajstić information content (AvgIpc) is 2.88. The van der Waals surface area contributed by atoms with E-state index in [-0.39, 0.29) is 24.1 Å². The number of carbonyl (C=O) groups excluding carboxylic acids is 1. The lowest BCUT2D eigenvalue weighted by Crippen LogP contribution is -2.41. The van der Waals surface area contributed by atoms with Crippen molar-refractivity contribution in [1.82, 2.24) is 10.2 Å². The molecule has 1 unspecified atom stereocenters. The summed E-state index contributed by atoms with van der Waals surface area (Å²) in [6.45, 7) is 1.49. The molecule has 1 aliphatic heterocycles. The first kappa shape index (κ1) is 16.6. The highest BCUT2D eigenvalue weighted by molar-refractivity contribution is 5.79. The Kier molecular flexibility index (Phi) is 5.28. The smallest absolute Gasteiger partial charge is 0.406 e. The van der Waals surface area contributed by atoms with Gasteiger partial charge in [0.2, 0.25) is 5.91 Å². The minimum atomic E-state index is -4.70. The molecule has 0 spiro atoms. The molecule has 1 aliphatic rings. The summed E-state index contributed by atoms with van der Waals surface area (Å²) in [6, 6.07) is 5.63. The van der Waals surface area contributed by atoms with E-state index in [9.17, 15) is 18.0 Å². The fourth-order valence-electron chi connectivity index (χ4n) is 2.70. The first-order chi connectivity index (χ1) is 10.4. The number of hydrogen-bond donors (Lipinski definition) is 1. The minimum absolute atomic E-state index is 0.00207. The largest absolute Gasteiger partial charge is 0.573 e. The van der Waals surface area contributed by atoms with E-state index in [4.69, 9.17) is 0 Å². The van der Waals surface area contributed by atoms with Crippen LogP contribution in [0, 0.1) is 0 Å². The maximum Gasteiger partial charge on any atom is 0.573 e. The number of amides is 1. The van der Waals surface area contributed by atoms with Crippen molar-refractivity contribution in [2.24, 2.45) is 0 Å². The Morgan fingerprint density at radius 2 is 2.05 bits per heavy atom. The highest BCUT2D eigenvalue weighted by Gasteiger charge is 2.31. The average molecular weight is 316 g/mol. The third kappa shape index (κ3) is 4.62. The summed E-state index contributed by atoms with van der Waals surface area (Å²) in [4.78, 5) is 14.1. The molecule has 2 rings (SSSR count). The number of carbonyl (C=O) groups is 1. The van der Waals surface area contributed by atoms with E-state index in [0.717, 1.165) is 25.9 Å². The number of halogens is 3. The Morgan fingerprint density at radius 3 is 2.64 bits per heavy atom. The van der Waals surface area contributed by atoms with Gasteiger partial charge in [0.1, 0.15) is 5.75 Å². The quantitative estimate of drug-likeness (QED) is 0.906. The predicted molar refractivity (Wildman–Crippen MR) is 75.5 cm³/mol. The van der Waals surface area contributed by atoms with Crippen LogP contribution < -0.4 is 10.1 Å². The van der Waals surface area contributed by atoms with Crippen molar-refractivity contribution in [1.29, 1.82) is 0 Å². The van der Waals surface area contributed by atoms with Crippen molar-refractivity contribution in [2.45, 2.75) is 31.7 Å². The zero-order chi connectivity index (χ0) is 16.2. The second-order valence-corrected chi connectivity index (χ2v) is 5.31. The number of nitrogens with zero attached hydrogens (tertiary/aromatic N) is 1. The van der Waals surface area contributed by atoms with Crippen molar-refractivity contribution >= 4 is 5.91 Å². The van der Waals surface area contributed by atoms with Gasteiger partial charge in [-0.3, -0.25) is 4.79 Å². The van der Waals surface area contributed by atoms with Crippen LogP contribution >= 0.6 is 0 Å². The summed E-state index contributed by atoms with van der Waals surface area (Å²) < 4.78 is 40.1. The highest BCUT2D eigenvalue weighted by atomic mass is 19.4. The van der Waals surface area contributed by atoms with Crippen LogP contribution in [0.25, 0.3) is 0 Å². The third-order valence-corrected chi connectivity index (χ3v) is 3.65. The van der Waals surface area contributed by atoms with E-state index in [1.54, 1.807) is 0 Å². The molecule has 122 valence electrons. The minimum Gasteiger partial charge on any atom is -0.406 e. The summed E-state index contributed by atoms with van der Waals surface area (Å²) in [6.07, 6.45) is -2.55. The first-order valence-electron chi connectivity index (χ1n) is 7.18. The molecule has 1 fully saturated rings. The van der Waals surface area contributed by atoms with Gasteiger partial charge < -0.3 is 15.0 Å². The zero-order valence-corrected chi connectivity index (χ0v) is 12.3. The van der Waals surface area contributed by atoms with Gasteiger partial charge in [0.15, 0.2) is 0 Å². The maximum atomic E-state index is 12.3. The molecule has 0 radical (unpaired) electrons. The molecule has 0 aromatic heterocycles. The number of alkyl halides is 3. The number of hydrogen-bond acceptors (Lipinski definition) is 3. The summed E-state index contributed by atoms with van der Waals surface area (Å²) >= 11 is 0. The van der Waals surface area contributed by atoms with Crippen LogP contribution in [0.2, 0.25) is 0 Å². The van der Waals surface area contributed by atoms with Crippen LogP contribution in [0.3, 0.4) is 0 Å². The van der Waals surface area contributed by atoms with E-state index < -0.39 is 6.36 Å². The second-order valence-electron chi connectivity index (χ2n) is 5.31. The SMILES string of the molecule is CNCC1CCCN1C(=O)Cc1ccc(OC(F)(F)F)cc1. The number of nitrogens with one attached hydrogen (secondary N) is 1. The third-order valence-electron chi connectivity index (χ3n) is 3.65. The van der Waals surface area contributed by atoms with Crippen LogP contribution in [-0.4, -0.2) is 43.3 Å². The van der Waals surface area contributed by atoms with Gasteiger partial charge in [0.25, 0.3) is 0 Å². The molecular formula is C15H19F3N2O2. The topological polar surface area (TPSA) is 41.6 Å². The van der Waals surface area contributed by atoms with Gasteiger partial charge in [-0.1, -0.05) is 12.1 Å². The monoisotopic (exact) mass is 316 g/mol. The second kappa shape index (κ2) is 7.00. The van der Waals surface area contributed by atoms with Gasteiger partial charge in [-0.25, -0.2) is 0 Å². The number of likely N-dealkylation sites (N-methyl/N-ethyl adjacent to an activating group) is 1. The van der Waals surface area contributed by atoms with Crippen molar-refractivity contribution in [3.8, 4) is 5.75 Å². The number of rotatable bonds is 5. The number of benzene rings is 1. The Morgan fingerprint density at radius 1 is 1.36 bits per heavy atom. The molecule has 0 aliphatic carbocycles. The van der Waals surface area contributed by atoms with Crippen LogP contribution in [-0.2, 0) is 11.2 Å². The zero-order valence-electron chi connectivity index (χ0n) is 12.3. The molecule has 7 heteroatoms. The lowest BCUT2D eigenvalue weighted by Gasteiger charge is -2.24. The molecule has 1 N–H and O–H groups in total. The van der Waals surface area contributed by atoms with Crippen molar-refractivity contribution < 1.29 is 22.7 Å². The molecule has 1 saturated heterocycles. The van der Waals surface area contributed by atoms with Crippen LogP contribution in [0.15, 0.2) is 24.3 Å². The number of likely N-dealkylation sites (tertiary alicyclic amines) is 1. The Hall–Kier alpha value is -1.76. The molecule has 1 amide bonds. The van der Waals surface area contributed by atoms with Gasteiger partial charge in [-0.2, -0.15) is 0 Å². The van der Waals surface area contributed by atoms with Crippen molar-refractivity contribution in [3.05, 3.63) is 29.8 Å². The summed E-state index contributed by atoms with van der Waals surface area (Å²) in [7, 11) is 1.85. The van der Waals surface area contributed by atoms with Crippen LogP contribution in [0.1, 0.15) is 18.4 Å². The molecule has 4 nitrogen and oxygen atoms in total.